The zero-order valence-electron chi connectivity index (χ0n) is 19.9. The Balaban J connectivity index is 1.28. The number of fused-ring (bicyclic) bond motifs is 1. The zero-order chi connectivity index (χ0) is 24.4. The maximum Gasteiger partial charge on any atom is 0.264 e. The average Bonchev–Trinajstić information content (AvgIpc) is 3.32. The van der Waals surface area contributed by atoms with Crippen LogP contribution in [0.25, 0.3) is 16.7 Å². The molecule has 0 saturated carbocycles. The summed E-state index contributed by atoms with van der Waals surface area (Å²) in [5.41, 5.74) is 1.27. The van der Waals surface area contributed by atoms with Crippen molar-refractivity contribution < 1.29 is 14.6 Å². The Morgan fingerprint density at radius 3 is 2.37 bits per heavy atom. The second-order valence-corrected chi connectivity index (χ2v) is 9.03. The molecule has 1 aliphatic heterocycles. The van der Waals surface area contributed by atoms with Gasteiger partial charge in [-0.2, -0.15) is 5.10 Å². The van der Waals surface area contributed by atoms with Crippen LogP contribution < -0.4 is 15.0 Å². The summed E-state index contributed by atoms with van der Waals surface area (Å²) in [6.45, 7) is 2.36. The summed E-state index contributed by atoms with van der Waals surface area (Å²) in [5.74, 6) is 1.51. The zero-order valence-corrected chi connectivity index (χ0v) is 19.9. The van der Waals surface area contributed by atoms with Gasteiger partial charge in [-0.25, -0.2) is 9.67 Å². The first-order valence-electron chi connectivity index (χ1n) is 11.6. The molecule has 2 aromatic carbocycles. The molecule has 1 fully saturated rings. The molecule has 0 amide bonds. The number of nitrogens with zero attached hydrogens (tertiary/aromatic N) is 5. The topological polar surface area (TPSA) is 94.6 Å². The third kappa shape index (κ3) is 4.78. The van der Waals surface area contributed by atoms with Crippen LogP contribution in [-0.2, 0) is 13.1 Å². The molecule has 5 rings (SSSR count). The summed E-state index contributed by atoms with van der Waals surface area (Å²) < 4.78 is 13.9. The first-order valence-corrected chi connectivity index (χ1v) is 11.6. The molecule has 0 spiro atoms. The molecule has 0 aliphatic carbocycles. The van der Waals surface area contributed by atoms with Gasteiger partial charge in [0.1, 0.15) is 23.2 Å². The number of hydrogen-bond donors (Lipinski definition) is 1. The molecule has 9 nitrogen and oxygen atoms in total. The van der Waals surface area contributed by atoms with Crippen LogP contribution in [0, 0.1) is 0 Å². The number of methoxy groups -OCH3 is 2. The van der Waals surface area contributed by atoms with Crippen LogP contribution in [0.1, 0.15) is 18.4 Å². The third-order valence-electron chi connectivity index (χ3n) is 6.62. The fraction of sp³-hybridized carbons (Fsp3) is 0.346. The molecule has 3 heterocycles. The summed E-state index contributed by atoms with van der Waals surface area (Å²) in [6, 6.07) is 15.4. The van der Waals surface area contributed by atoms with Gasteiger partial charge in [0.25, 0.3) is 5.56 Å². The van der Waals surface area contributed by atoms with Crippen molar-refractivity contribution in [3.05, 3.63) is 77.0 Å². The van der Waals surface area contributed by atoms with E-state index in [0.717, 1.165) is 29.3 Å². The molecule has 0 unspecified atom stereocenters. The summed E-state index contributed by atoms with van der Waals surface area (Å²) in [5, 5.41) is 16.1. The molecule has 182 valence electrons. The predicted molar refractivity (Wildman–Crippen MR) is 132 cm³/mol. The molecular formula is C26H29N5O4. The van der Waals surface area contributed by atoms with Crippen LogP contribution in [-0.4, -0.2) is 62.2 Å². The lowest BCUT2D eigenvalue weighted by atomic mass is 9.91. The van der Waals surface area contributed by atoms with Crippen LogP contribution in [0.5, 0.6) is 11.5 Å². The first kappa shape index (κ1) is 23.1. The van der Waals surface area contributed by atoms with Crippen molar-refractivity contribution in [3.8, 4) is 17.2 Å². The Labute approximate surface area is 203 Å². The highest BCUT2D eigenvalue weighted by Gasteiger charge is 2.33. The standard InChI is InChI=1S/C26H29N5O4/c1-34-21-12-19(13-22(14-21)35-2)16-29-10-8-26(33,9-11-29)17-30-18-27-24-23(25(30)32)15-28-31(24)20-6-4-3-5-7-20/h3-7,12-15,18,33H,8-11,16-17H2,1-2H3. The van der Waals surface area contributed by atoms with Crippen LogP contribution in [0.3, 0.4) is 0 Å². The van der Waals surface area contributed by atoms with E-state index in [4.69, 9.17) is 9.47 Å². The number of ether oxygens (including phenoxy) is 2. The molecule has 35 heavy (non-hydrogen) atoms. The maximum absolute atomic E-state index is 13.1. The van der Waals surface area contributed by atoms with E-state index in [0.29, 0.717) is 37.0 Å². The minimum Gasteiger partial charge on any atom is -0.497 e. The van der Waals surface area contributed by atoms with Crippen molar-refractivity contribution in [2.24, 2.45) is 0 Å². The SMILES string of the molecule is COc1cc(CN2CCC(O)(Cn3cnc4c(cnn4-c4ccccc4)c3=O)CC2)cc(OC)c1. The Hall–Kier alpha value is -3.69. The number of aliphatic hydroxyl groups is 1. The normalized spacial score (nSPS) is 15.9. The second kappa shape index (κ2) is 9.52. The first-order chi connectivity index (χ1) is 17.0. The van der Waals surface area contributed by atoms with Crippen molar-refractivity contribution >= 4 is 11.0 Å². The van der Waals surface area contributed by atoms with Gasteiger partial charge in [0.15, 0.2) is 5.65 Å². The highest BCUT2D eigenvalue weighted by atomic mass is 16.5. The Morgan fingerprint density at radius 2 is 1.71 bits per heavy atom. The van der Waals surface area contributed by atoms with Gasteiger partial charge in [-0.05, 0) is 42.7 Å². The van der Waals surface area contributed by atoms with Crippen LogP contribution in [0.4, 0.5) is 0 Å². The van der Waals surface area contributed by atoms with Crippen molar-refractivity contribution in [2.45, 2.75) is 31.5 Å². The van der Waals surface area contributed by atoms with Gasteiger partial charge < -0.3 is 14.6 Å². The van der Waals surface area contributed by atoms with E-state index in [1.807, 2.05) is 48.5 Å². The number of para-hydroxylation sites is 1. The van der Waals surface area contributed by atoms with Gasteiger partial charge in [0.2, 0.25) is 0 Å². The van der Waals surface area contributed by atoms with Gasteiger partial charge in [0, 0.05) is 25.7 Å². The molecule has 1 N–H and O–H groups in total. The number of hydrogen-bond acceptors (Lipinski definition) is 7. The van der Waals surface area contributed by atoms with E-state index in [9.17, 15) is 9.90 Å². The maximum atomic E-state index is 13.1. The van der Waals surface area contributed by atoms with Gasteiger partial charge in [-0.3, -0.25) is 14.3 Å². The second-order valence-electron chi connectivity index (χ2n) is 9.03. The molecule has 0 radical (unpaired) electrons. The molecule has 1 aliphatic rings. The Morgan fingerprint density at radius 1 is 1.03 bits per heavy atom. The van der Waals surface area contributed by atoms with E-state index < -0.39 is 5.60 Å². The summed E-state index contributed by atoms with van der Waals surface area (Å²) in [4.78, 5) is 19.9. The average molecular weight is 476 g/mol. The minimum atomic E-state index is -0.975. The Kier molecular flexibility index (Phi) is 6.27. The summed E-state index contributed by atoms with van der Waals surface area (Å²) in [6.07, 6.45) is 4.17. The minimum absolute atomic E-state index is 0.198. The van der Waals surface area contributed by atoms with E-state index in [-0.39, 0.29) is 12.1 Å². The van der Waals surface area contributed by atoms with Crippen molar-refractivity contribution in [1.82, 2.24) is 24.2 Å². The predicted octanol–water partition coefficient (Wildman–Crippen LogP) is 2.63. The molecule has 9 heteroatoms. The van der Waals surface area contributed by atoms with Crippen LogP contribution in [0.15, 0.2) is 65.8 Å². The van der Waals surface area contributed by atoms with Gasteiger partial charge in [0.05, 0.1) is 38.2 Å². The number of aromatic nitrogens is 4. The van der Waals surface area contributed by atoms with Gasteiger partial charge in [-0.15, -0.1) is 0 Å². The highest BCUT2D eigenvalue weighted by molar-refractivity contribution is 5.74. The third-order valence-corrected chi connectivity index (χ3v) is 6.62. The fourth-order valence-electron chi connectivity index (χ4n) is 4.64. The lowest BCUT2D eigenvalue weighted by Gasteiger charge is -2.38. The molecule has 1 saturated heterocycles. The number of likely N-dealkylation sites (tertiary alicyclic amines) is 1. The summed E-state index contributed by atoms with van der Waals surface area (Å²) in [7, 11) is 3.28. The fourth-order valence-corrected chi connectivity index (χ4v) is 4.64. The smallest absolute Gasteiger partial charge is 0.264 e. The number of rotatable bonds is 7. The van der Waals surface area contributed by atoms with Crippen molar-refractivity contribution in [2.75, 3.05) is 27.3 Å². The number of piperidine rings is 1. The molecule has 2 aromatic heterocycles. The van der Waals surface area contributed by atoms with E-state index in [1.54, 1.807) is 25.1 Å². The molecule has 4 aromatic rings. The van der Waals surface area contributed by atoms with Crippen molar-refractivity contribution in [1.29, 1.82) is 0 Å². The van der Waals surface area contributed by atoms with Gasteiger partial charge in [-0.1, -0.05) is 18.2 Å². The Bertz CT molecular complexity index is 1350. The molecule has 0 bridgehead atoms. The molecular weight excluding hydrogens is 446 g/mol. The highest BCUT2D eigenvalue weighted by Crippen LogP contribution is 2.28. The summed E-state index contributed by atoms with van der Waals surface area (Å²) >= 11 is 0. The van der Waals surface area contributed by atoms with Crippen LogP contribution in [0.2, 0.25) is 0 Å². The lowest BCUT2D eigenvalue weighted by Crippen LogP contribution is -2.47. The largest absolute Gasteiger partial charge is 0.497 e. The van der Waals surface area contributed by atoms with Crippen LogP contribution >= 0.6 is 0 Å². The molecule has 0 atom stereocenters. The monoisotopic (exact) mass is 475 g/mol. The number of benzene rings is 2. The lowest BCUT2D eigenvalue weighted by molar-refractivity contribution is -0.0365. The van der Waals surface area contributed by atoms with E-state index >= 15 is 0 Å². The van der Waals surface area contributed by atoms with Crippen molar-refractivity contribution in [3.63, 3.8) is 0 Å². The quantitative estimate of drug-likeness (QED) is 0.439. The van der Waals surface area contributed by atoms with Gasteiger partial charge >= 0.3 is 0 Å². The van der Waals surface area contributed by atoms with E-state index in [2.05, 4.69) is 15.0 Å². The van der Waals surface area contributed by atoms with E-state index in [1.165, 1.54) is 10.9 Å².